The van der Waals surface area contributed by atoms with Crippen molar-refractivity contribution in [2.24, 2.45) is 0 Å². The Kier molecular flexibility index (Phi) is 71.0. The Hall–Kier alpha value is -4.80. The van der Waals surface area contributed by atoms with E-state index >= 15 is 0 Å². The van der Waals surface area contributed by atoms with Gasteiger partial charge in [0.15, 0.2) is 12.2 Å². The highest BCUT2D eigenvalue weighted by Crippen LogP contribution is 2.45. The number of unbranched alkanes of at least 4 members (excludes halogenated alkanes) is 26. The number of aliphatic hydroxyl groups excluding tert-OH is 1. The summed E-state index contributed by atoms with van der Waals surface area (Å²) in [6, 6.07) is 0. The minimum Gasteiger partial charge on any atom is -0.462 e. The molecule has 19 heteroatoms. The van der Waals surface area contributed by atoms with Crippen molar-refractivity contribution < 1.29 is 80.2 Å². The van der Waals surface area contributed by atoms with E-state index in [1.54, 1.807) is 6.08 Å². The zero-order valence-electron chi connectivity index (χ0n) is 63.7. The topological polar surface area (TPSA) is 237 Å². The fourth-order valence-electron chi connectivity index (χ4n) is 10.2. The number of esters is 4. The maximum absolute atomic E-state index is 13.1. The van der Waals surface area contributed by atoms with Gasteiger partial charge >= 0.3 is 39.5 Å². The molecule has 5 unspecified atom stereocenters. The molecule has 5 atom stereocenters. The molecule has 584 valence electrons. The molecule has 0 saturated carbocycles. The Morgan fingerprint density at radius 3 is 0.912 bits per heavy atom. The van der Waals surface area contributed by atoms with Crippen LogP contribution in [0.2, 0.25) is 0 Å². The van der Waals surface area contributed by atoms with E-state index in [4.69, 9.17) is 37.0 Å². The number of phosphoric acid groups is 2. The first-order valence-corrected chi connectivity index (χ1v) is 42.4. The normalized spacial score (nSPS) is 14.6. The summed E-state index contributed by atoms with van der Waals surface area (Å²) in [4.78, 5) is 72.9. The molecule has 0 fully saturated rings. The van der Waals surface area contributed by atoms with Gasteiger partial charge in [-0.25, -0.2) is 9.13 Å². The highest BCUT2D eigenvalue weighted by molar-refractivity contribution is 7.47. The van der Waals surface area contributed by atoms with Crippen LogP contribution in [0.1, 0.15) is 310 Å². The van der Waals surface area contributed by atoms with E-state index in [1.807, 2.05) is 30.4 Å². The number of rotatable bonds is 73. The molecule has 0 aromatic heterocycles. The number of allylic oxidation sites excluding steroid dienone is 21. The lowest BCUT2D eigenvalue weighted by Crippen LogP contribution is -2.30. The van der Waals surface area contributed by atoms with E-state index < -0.39 is 97.5 Å². The molecule has 0 aromatic rings. The van der Waals surface area contributed by atoms with Gasteiger partial charge in [-0.1, -0.05) is 303 Å². The number of hydrogen-bond donors (Lipinski definition) is 3. The molecule has 0 bridgehead atoms. The Morgan fingerprint density at radius 2 is 0.559 bits per heavy atom. The Bertz CT molecular complexity index is 2460. The molecule has 3 N–H and O–H groups in total. The van der Waals surface area contributed by atoms with Gasteiger partial charge in [0.2, 0.25) is 0 Å². The smallest absolute Gasteiger partial charge is 0.462 e. The lowest BCUT2D eigenvalue weighted by atomic mass is 10.0. The van der Waals surface area contributed by atoms with Crippen LogP contribution in [0.25, 0.3) is 0 Å². The van der Waals surface area contributed by atoms with E-state index in [9.17, 15) is 43.2 Å². The quantitative estimate of drug-likeness (QED) is 0.0169. The summed E-state index contributed by atoms with van der Waals surface area (Å²) >= 11 is 0. The predicted octanol–water partition coefficient (Wildman–Crippen LogP) is 22.9. The number of aliphatic hydroxyl groups is 1. The Morgan fingerprint density at radius 1 is 0.294 bits per heavy atom. The van der Waals surface area contributed by atoms with Gasteiger partial charge < -0.3 is 33.8 Å². The lowest BCUT2D eigenvalue weighted by molar-refractivity contribution is -0.161. The van der Waals surface area contributed by atoms with Crippen LogP contribution < -0.4 is 0 Å². The summed E-state index contributed by atoms with van der Waals surface area (Å²) in [5.74, 6) is -2.39. The van der Waals surface area contributed by atoms with Crippen molar-refractivity contribution in [1.29, 1.82) is 0 Å². The number of phosphoric ester groups is 2. The van der Waals surface area contributed by atoms with Crippen LogP contribution >= 0.6 is 15.6 Å². The molecule has 0 spiro atoms. The van der Waals surface area contributed by atoms with E-state index in [0.717, 1.165) is 122 Å². The van der Waals surface area contributed by atoms with Crippen molar-refractivity contribution in [3.63, 3.8) is 0 Å². The summed E-state index contributed by atoms with van der Waals surface area (Å²) in [6.45, 7) is 4.47. The van der Waals surface area contributed by atoms with Crippen molar-refractivity contribution in [2.45, 2.75) is 329 Å². The van der Waals surface area contributed by atoms with Crippen LogP contribution in [-0.4, -0.2) is 96.7 Å². The molecule has 0 aliphatic carbocycles. The molecule has 0 aliphatic rings. The van der Waals surface area contributed by atoms with Crippen LogP contribution in [0.15, 0.2) is 134 Å². The fraction of sp³-hybridized carbons (Fsp3) is 0.687. The second-order valence-corrected chi connectivity index (χ2v) is 28.8. The van der Waals surface area contributed by atoms with E-state index in [2.05, 4.69) is 125 Å². The molecule has 17 nitrogen and oxygen atoms in total. The minimum atomic E-state index is -5.00. The third-order valence-corrected chi connectivity index (χ3v) is 18.0. The summed E-state index contributed by atoms with van der Waals surface area (Å²) in [5.41, 5.74) is 0. The third-order valence-electron chi connectivity index (χ3n) is 16.1. The summed E-state index contributed by atoms with van der Waals surface area (Å²) in [5, 5.41) is 10.6. The van der Waals surface area contributed by atoms with Gasteiger partial charge in [-0.2, -0.15) is 0 Å². The first-order chi connectivity index (χ1) is 49.7. The first kappa shape index (κ1) is 97.2. The van der Waals surface area contributed by atoms with Crippen LogP contribution in [0.4, 0.5) is 0 Å². The number of carbonyl (C=O) groups is 4. The van der Waals surface area contributed by atoms with Crippen molar-refractivity contribution >= 4 is 39.5 Å². The predicted molar refractivity (Wildman–Crippen MR) is 418 cm³/mol. The van der Waals surface area contributed by atoms with Crippen molar-refractivity contribution in [3.8, 4) is 0 Å². The first-order valence-electron chi connectivity index (χ1n) is 39.4. The average Bonchev–Trinajstić information content (AvgIpc) is 0.923. The SMILES string of the molecule is CC/C=C\C/C=C\C/C=C\C/C=C\C/C=C\CCCC(=O)OCC(COP(=O)(O)OCC(O)COP(=O)(O)OCC(COC(=O)C/C=C\C/C=C\C/C=C\C/C=C\C/C=C\CC)OC(=O)CCCCCCCCCCCCCCCCC)OC(=O)CCCCCCC/C=C\CCCCCCCC. The Labute approximate surface area is 618 Å². The molecular weight excluding hydrogens is 1330 g/mol. The minimum absolute atomic E-state index is 0.0685. The fourth-order valence-corrected chi connectivity index (χ4v) is 11.8. The standard InChI is InChI=1S/C83H140O17P2/c1-5-9-13-17-21-25-29-33-37-38-42-44-48-52-56-60-64-68-81(86)94-74-79(100-83(88)70-66-62-58-54-50-46-41-36-32-28-24-20-16-12-8-4)76-98-102(91,92)96-72-77(84)71-95-101(89,90)97-75-78(99-82(87)69-65-61-57-53-49-45-40-35-31-27-23-19-15-11-7-3)73-93-80(85)67-63-59-55-51-47-43-39-34-30-26-22-18-14-10-6-2/h9-10,13-14,21-22,25-26,33-34,36-37,39,41-42,44,47,51-52,56,59,63,77-79,84H,5-8,11-12,15-20,23-24,27-32,35,38,40,43,45-46,48-50,53-55,57-58,60-62,64-76H2,1-4H3,(H,89,90)(H,91,92)/b13-9-,14-10-,25-21-,26-22-,37-33-,39-34-,41-36-,44-42-,51-47-,56-52-,63-59-. The highest BCUT2D eigenvalue weighted by Gasteiger charge is 2.30. The molecule has 0 amide bonds. The van der Waals surface area contributed by atoms with Crippen LogP contribution in [0.3, 0.4) is 0 Å². The van der Waals surface area contributed by atoms with Gasteiger partial charge in [0.25, 0.3) is 0 Å². The molecule has 0 radical (unpaired) electrons. The molecule has 0 aliphatic heterocycles. The molecule has 102 heavy (non-hydrogen) atoms. The molecule has 0 heterocycles. The zero-order valence-corrected chi connectivity index (χ0v) is 65.5. The van der Waals surface area contributed by atoms with Gasteiger partial charge in [0, 0.05) is 19.3 Å². The maximum atomic E-state index is 13.1. The van der Waals surface area contributed by atoms with Crippen LogP contribution in [0.5, 0.6) is 0 Å². The van der Waals surface area contributed by atoms with Crippen LogP contribution in [0, 0.1) is 0 Å². The van der Waals surface area contributed by atoms with Gasteiger partial charge in [-0.05, 0) is 116 Å². The number of hydrogen-bond acceptors (Lipinski definition) is 15. The molecule has 0 saturated heterocycles. The second kappa shape index (κ2) is 74.5. The third kappa shape index (κ3) is 73.5. The van der Waals surface area contributed by atoms with Gasteiger partial charge in [-0.15, -0.1) is 0 Å². The molecular formula is C83H140O17P2. The van der Waals surface area contributed by atoms with Gasteiger partial charge in [0.1, 0.15) is 19.3 Å². The van der Waals surface area contributed by atoms with E-state index in [1.165, 1.54) is 103 Å². The van der Waals surface area contributed by atoms with Gasteiger partial charge in [-0.3, -0.25) is 37.3 Å². The Balaban J connectivity index is 5.47. The average molecular weight is 1470 g/mol. The highest BCUT2D eigenvalue weighted by atomic mass is 31.2. The van der Waals surface area contributed by atoms with E-state index in [-0.39, 0.29) is 25.7 Å². The summed E-state index contributed by atoms with van der Waals surface area (Å²) in [7, 11) is -10.00. The van der Waals surface area contributed by atoms with Crippen molar-refractivity contribution in [3.05, 3.63) is 134 Å². The number of ether oxygens (including phenoxy) is 4. The van der Waals surface area contributed by atoms with Crippen LogP contribution in [-0.2, 0) is 65.4 Å². The second-order valence-electron chi connectivity index (χ2n) is 25.9. The largest absolute Gasteiger partial charge is 0.472 e. The lowest BCUT2D eigenvalue weighted by Gasteiger charge is -2.21. The summed E-state index contributed by atoms with van der Waals surface area (Å²) < 4.78 is 68.4. The summed E-state index contributed by atoms with van der Waals surface area (Å²) in [6.07, 6.45) is 83.3. The molecule has 0 aromatic carbocycles. The monoisotopic (exact) mass is 1470 g/mol. The zero-order chi connectivity index (χ0) is 74.6. The number of carbonyl (C=O) groups excluding carboxylic acids is 4. The van der Waals surface area contributed by atoms with E-state index in [0.29, 0.717) is 32.1 Å². The van der Waals surface area contributed by atoms with Crippen molar-refractivity contribution in [1.82, 2.24) is 0 Å². The van der Waals surface area contributed by atoms with Crippen molar-refractivity contribution in [2.75, 3.05) is 39.6 Å². The van der Waals surface area contributed by atoms with Gasteiger partial charge in [0.05, 0.1) is 32.8 Å². The molecule has 0 rings (SSSR count). The maximum Gasteiger partial charge on any atom is 0.472 e.